The van der Waals surface area contributed by atoms with E-state index in [0.717, 1.165) is 44.3 Å². The fourth-order valence-corrected chi connectivity index (χ4v) is 3.62. The molecule has 2 atom stereocenters. The predicted molar refractivity (Wildman–Crippen MR) is 106 cm³/mol. The third-order valence-electron chi connectivity index (χ3n) is 4.80. The van der Waals surface area contributed by atoms with Gasteiger partial charge in [0.1, 0.15) is 11.6 Å². The predicted octanol–water partition coefficient (Wildman–Crippen LogP) is 5.86. The molecule has 0 radical (unpaired) electrons. The molecular weight excluding hydrogens is 310 g/mol. The quantitative estimate of drug-likeness (QED) is 0.386. The minimum atomic E-state index is -0.436. The number of allylic oxidation sites excluding steroid dienone is 3. The van der Waals surface area contributed by atoms with E-state index >= 15 is 0 Å². The summed E-state index contributed by atoms with van der Waals surface area (Å²) >= 11 is 0. The zero-order chi connectivity index (χ0) is 19.0. The maximum absolute atomic E-state index is 12.6. The van der Waals surface area contributed by atoms with Crippen molar-refractivity contribution in [2.75, 3.05) is 6.54 Å². The van der Waals surface area contributed by atoms with Gasteiger partial charge in [0.05, 0.1) is 0 Å². The number of hydrogen-bond acceptors (Lipinski definition) is 3. The molecule has 0 spiro atoms. The zero-order valence-corrected chi connectivity index (χ0v) is 17.4. The van der Waals surface area contributed by atoms with E-state index in [9.17, 15) is 4.79 Å². The summed E-state index contributed by atoms with van der Waals surface area (Å²) in [7, 11) is 0. The highest BCUT2D eigenvalue weighted by Gasteiger charge is 2.36. The van der Waals surface area contributed by atoms with Crippen LogP contribution in [-0.4, -0.2) is 29.1 Å². The normalized spacial score (nSPS) is 19.8. The van der Waals surface area contributed by atoms with Crippen molar-refractivity contribution in [3.63, 3.8) is 0 Å². The van der Waals surface area contributed by atoms with Crippen LogP contribution in [0.2, 0.25) is 0 Å². The van der Waals surface area contributed by atoms with E-state index in [1.807, 2.05) is 20.8 Å². The minimum Gasteiger partial charge on any atom is -0.458 e. The lowest BCUT2D eigenvalue weighted by atomic mass is 9.90. The average molecular weight is 350 g/mol. The van der Waals surface area contributed by atoms with Crippen molar-refractivity contribution in [2.45, 2.75) is 98.1 Å². The largest absolute Gasteiger partial charge is 0.458 e. The molecule has 0 saturated carbocycles. The van der Waals surface area contributed by atoms with Crippen LogP contribution in [0, 0.1) is 5.92 Å². The number of carbonyl (C=O) groups excluding carboxylic acids is 1. The number of ether oxygens (including phenoxy) is 1. The van der Waals surface area contributed by atoms with E-state index in [-0.39, 0.29) is 12.0 Å². The molecule has 0 aromatic rings. The Hall–Kier alpha value is -1.25. The fourth-order valence-electron chi connectivity index (χ4n) is 3.62. The van der Waals surface area contributed by atoms with E-state index in [2.05, 4.69) is 38.3 Å². The van der Waals surface area contributed by atoms with Crippen LogP contribution < -0.4 is 0 Å². The second kappa shape index (κ2) is 10.0. The molecule has 1 aliphatic rings. The highest BCUT2D eigenvalue weighted by atomic mass is 16.6. The molecule has 0 aliphatic carbocycles. The van der Waals surface area contributed by atoms with E-state index in [4.69, 9.17) is 4.74 Å². The van der Waals surface area contributed by atoms with Gasteiger partial charge in [-0.25, -0.2) is 4.79 Å². The van der Waals surface area contributed by atoms with Gasteiger partial charge in [0.15, 0.2) is 0 Å². The van der Waals surface area contributed by atoms with Crippen molar-refractivity contribution in [3.8, 4) is 0 Å². The van der Waals surface area contributed by atoms with Crippen LogP contribution >= 0.6 is 0 Å². The van der Waals surface area contributed by atoms with Crippen molar-refractivity contribution >= 4 is 5.97 Å². The smallest absolute Gasteiger partial charge is 0.329 e. The second-order valence-corrected chi connectivity index (χ2v) is 8.38. The van der Waals surface area contributed by atoms with Crippen LogP contribution in [0.25, 0.3) is 0 Å². The van der Waals surface area contributed by atoms with Crippen LogP contribution in [0.1, 0.15) is 86.5 Å². The molecule has 0 amide bonds. The van der Waals surface area contributed by atoms with Gasteiger partial charge in [-0.1, -0.05) is 44.9 Å². The molecule has 0 N–H and O–H groups in total. The number of nitrogens with zero attached hydrogens (tertiary/aromatic N) is 1. The van der Waals surface area contributed by atoms with Crippen molar-refractivity contribution in [1.29, 1.82) is 0 Å². The monoisotopic (exact) mass is 349 g/mol. The number of carbonyl (C=O) groups is 1. The maximum atomic E-state index is 12.6. The maximum Gasteiger partial charge on any atom is 0.329 e. The van der Waals surface area contributed by atoms with Crippen molar-refractivity contribution in [2.24, 2.45) is 5.92 Å². The molecular formula is C22H39NO2. The summed E-state index contributed by atoms with van der Waals surface area (Å²) in [6.45, 7) is 17.8. The molecule has 1 heterocycles. The fraction of sp³-hybridized carbons (Fsp3) is 0.773. The molecule has 1 saturated heterocycles. The van der Waals surface area contributed by atoms with E-state index in [1.165, 1.54) is 18.4 Å². The lowest BCUT2D eigenvalue weighted by Crippen LogP contribution is -2.41. The minimum absolute atomic E-state index is 0.0961. The van der Waals surface area contributed by atoms with Crippen LogP contribution in [-0.2, 0) is 9.53 Å². The summed E-state index contributed by atoms with van der Waals surface area (Å²) in [5.41, 5.74) is 2.12. The highest BCUT2D eigenvalue weighted by Crippen LogP contribution is 2.33. The Kier molecular flexibility index (Phi) is 8.75. The number of rotatable bonds is 9. The number of likely N-dealkylation sites (tertiary alicyclic amines) is 1. The molecule has 3 heteroatoms. The first-order chi connectivity index (χ1) is 11.7. The average Bonchev–Trinajstić information content (AvgIpc) is 2.99. The van der Waals surface area contributed by atoms with Crippen LogP contribution in [0.15, 0.2) is 23.9 Å². The van der Waals surface area contributed by atoms with Crippen molar-refractivity contribution in [3.05, 3.63) is 23.9 Å². The molecule has 0 aromatic heterocycles. The molecule has 0 bridgehead atoms. The Morgan fingerprint density at radius 3 is 2.60 bits per heavy atom. The van der Waals surface area contributed by atoms with E-state index in [0.29, 0.717) is 5.92 Å². The van der Waals surface area contributed by atoms with Crippen LogP contribution in [0.3, 0.4) is 0 Å². The standard InChI is InChI=1S/C22H39NO2/c1-8-10-13-19(16-17(3)12-9-2)18(4)23-15-11-14-20(23)21(24)25-22(5,6)7/h12,19-20H,4,8-11,13-16H2,1-3,5-7H3/b17-12+. The van der Waals surface area contributed by atoms with Gasteiger partial charge in [-0.15, -0.1) is 0 Å². The Labute approximate surface area is 155 Å². The number of unbranched alkanes of at least 4 members (excludes halogenated alkanes) is 1. The van der Waals surface area contributed by atoms with Gasteiger partial charge >= 0.3 is 5.97 Å². The Morgan fingerprint density at radius 2 is 2.04 bits per heavy atom. The Balaban J connectivity index is 2.86. The molecule has 144 valence electrons. The van der Waals surface area contributed by atoms with E-state index in [1.54, 1.807) is 0 Å². The van der Waals surface area contributed by atoms with E-state index < -0.39 is 5.60 Å². The summed E-state index contributed by atoms with van der Waals surface area (Å²) in [6, 6.07) is -0.161. The lowest BCUT2D eigenvalue weighted by molar-refractivity contribution is -0.159. The molecule has 0 aromatic carbocycles. The third-order valence-corrected chi connectivity index (χ3v) is 4.80. The van der Waals surface area contributed by atoms with Crippen LogP contribution in [0.4, 0.5) is 0 Å². The van der Waals surface area contributed by atoms with Crippen molar-refractivity contribution < 1.29 is 9.53 Å². The molecule has 2 unspecified atom stereocenters. The van der Waals surface area contributed by atoms with Gasteiger partial charge < -0.3 is 9.64 Å². The number of esters is 1. The summed E-state index contributed by atoms with van der Waals surface area (Å²) in [5.74, 6) is 0.326. The van der Waals surface area contributed by atoms with Gasteiger partial charge in [-0.2, -0.15) is 0 Å². The highest BCUT2D eigenvalue weighted by molar-refractivity contribution is 5.77. The Morgan fingerprint density at radius 1 is 1.36 bits per heavy atom. The van der Waals surface area contributed by atoms with Gasteiger partial charge in [-0.3, -0.25) is 0 Å². The molecule has 1 aliphatic heterocycles. The molecule has 1 fully saturated rings. The van der Waals surface area contributed by atoms with Crippen molar-refractivity contribution in [1.82, 2.24) is 4.90 Å². The first-order valence-corrected chi connectivity index (χ1v) is 10.0. The Bertz CT molecular complexity index is 473. The van der Waals surface area contributed by atoms with Gasteiger partial charge in [0.25, 0.3) is 0 Å². The summed E-state index contributed by atoms with van der Waals surface area (Å²) < 4.78 is 5.65. The van der Waals surface area contributed by atoms with Crippen LogP contribution in [0.5, 0.6) is 0 Å². The first-order valence-electron chi connectivity index (χ1n) is 10.0. The summed E-state index contributed by atoms with van der Waals surface area (Å²) in [5, 5.41) is 0. The first kappa shape index (κ1) is 21.8. The second-order valence-electron chi connectivity index (χ2n) is 8.38. The molecule has 1 rings (SSSR count). The summed E-state index contributed by atoms with van der Waals surface area (Å²) in [4.78, 5) is 14.9. The SMILES string of the molecule is C=C(C(CCCC)C/C(C)=C/CC)N1CCCC1C(=O)OC(C)(C)C. The van der Waals surface area contributed by atoms with Gasteiger partial charge in [-0.05, 0) is 59.8 Å². The summed E-state index contributed by atoms with van der Waals surface area (Å²) in [6.07, 6.45) is 9.87. The number of hydrogen-bond donors (Lipinski definition) is 0. The van der Waals surface area contributed by atoms with Gasteiger partial charge in [0, 0.05) is 18.2 Å². The molecule has 25 heavy (non-hydrogen) atoms. The third kappa shape index (κ3) is 7.25. The topological polar surface area (TPSA) is 29.5 Å². The lowest BCUT2D eigenvalue weighted by Gasteiger charge is -2.34. The zero-order valence-electron chi connectivity index (χ0n) is 17.4. The van der Waals surface area contributed by atoms with Gasteiger partial charge in [0.2, 0.25) is 0 Å². The molecule has 3 nitrogen and oxygen atoms in total.